The van der Waals surface area contributed by atoms with E-state index >= 15 is 0 Å². The van der Waals surface area contributed by atoms with Gasteiger partial charge >= 0.3 is 0 Å². The van der Waals surface area contributed by atoms with Crippen molar-refractivity contribution in [3.63, 3.8) is 0 Å². The van der Waals surface area contributed by atoms with E-state index in [0.29, 0.717) is 5.69 Å². The first-order valence-electron chi connectivity index (χ1n) is 4.33. The van der Waals surface area contributed by atoms with E-state index in [4.69, 9.17) is 0 Å². The Labute approximate surface area is 95.4 Å². The highest BCUT2D eigenvalue weighted by Crippen LogP contribution is 2.14. The lowest BCUT2D eigenvalue weighted by molar-refractivity contribution is -0.305. The molecule has 0 radical (unpaired) electrons. The minimum absolute atomic E-state index is 0.0710. The molecular weight excluding hydrogens is 262 g/mol. The predicted octanol–water partition coefficient (Wildman–Crippen LogP) is 0.918. The monoisotopic (exact) mass is 270 g/mol. The first-order chi connectivity index (χ1) is 7.08. The maximum Gasteiger partial charge on any atom is 0.224 e. The highest BCUT2D eigenvalue weighted by Gasteiger charge is 2.01. The third kappa shape index (κ3) is 4.60. The van der Waals surface area contributed by atoms with Gasteiger partial charge in [0.25, 0.3) is 0 Å². The summed E-state index contributed by atoms with van der Waals surface area (Å²) in [6, 6.07) is 7.02. The van der Waals surface area contributed by atoms with Gasteiger partial charge in [-0.05, 0) is 30.7 Å². The highest BCUT2D eigenvalue weighted by atomic mass is 79.9. The SMILES string of the molecule is O=C([O-])CCC(=O)Nc1ccc(Br)cc1. The molecule has 0 unspecified atom stereocenters. The van der Waals surface area contributed by atoms with Gasteiger partial charge < -0.3 is 15.2 Å². The van der Waals surface area contributed by atoms with Crippen molar-refractivity contribution < 1.29 is 14.7 Å². The zero-order valence-electron chi connectivity index (χ0n) is 7.83. The average Bonchev–Trinajstić information content (AvgIpc) is 2.19. The predicted molar refractivity (Wildman–Crippen MR) is 57.0 cm³/mol. The summed E-state index contributed by atoms with van der Waals surface area (Å²) in [5.41, 5.74) is 0.640. The summed E-state index contributed by atoms with van der Waals surface area (Å²) >= 11 is 3.26. The van der Waals surface area contributed by atoms with Gasteiger partial charge in [0.1, 0.15) is 0 Å². The van der Waals surface area contributed by atoms with Gasteiger partial charge in [-0.25, -0.2) is 0 Å². The topological polar surface area (TPSA) is 69.2 Å². The van der Waals surface area contributed by atoms with Crippen molar-refractivity contribution in [2.75, 3.05) is 5.32 Å². The van der Waals surface area contributed by atoms with Gasteiger partial charge in [-0.3, -0.25) is 4.79 Å². The van der Waals surface area contributed by atoms with Crippen LogP contribution in [0.5, 0.6) is 0 Å². The van der Waals surface area contributed by atoms with E-state index in [9.17, 15) is 14.7 Å². The minimum Gasteiger partial charge on any atom is -0.550 e. The Kier molecular flexibility index (Phi) is 4.30. The Hall–Kier alpha value is -1.36. The van der Waals surface area contributed by atoms with E-state index in [1.807, 2.05) is 0 Å². The number of aliphatic carboxylic acids is 1. The fraction of sp³-hybridized carbons (Fsp3) is 0.200. The van der Waals surface area contributed by atoms with E-state index in [2.05, 4.69) is 21.2 Å². The van der Waals surface area contributed by atoms with Crippen LogP contribution in [0.2, 0.25) is 0 Å². The summed E-state index contributed by atoms with van der Waals surface area (Å²) in [6.45, 7) is 0. The Balaban J connectivity index is 2.44. The van der Waals surface area contributed by atoms with Crippen LogP contribution in [0.3, 0.4) is 0 Å². The van der Waals surface area contributed by atoms with Crippen molar-refractivity contribution in [3.05, 3.63) is 28.7 Å². The van der Waals surface area contributed by atoms with Crippen molar-refractivity contribution in [2.24, 2.45) is 0 Å². The smallest absolute Gasteiger partial charge is 0.224 e. The molecule has 15 heavy (non-hydrogen) atoms. The molecule has 0 saturated carbocycles. The number of amides is 1. The average molecular weight is 271 g/mol. The number of benzene rings is 1. The Morgan fingerprint density at radius 2 is 1.80 bits per heavy atom. The molecule has 1 aromatic carbocycles. The molecule has 5 heteroatoms. The van der Waals surface area contributed by atoms with E-state index in [0.717, 1.165) is 4.47 Å². The summed E-state index contributed by atoms with van der Waals surface area (Å²) in [6.07, 6.45) is -0.333. The molecular formula is C10H9BrNO3-. The number of hydrogen-bond acceptors (Lipinski definition) is 3. The van der Waals surface area contributed by atoms with Crippen LogP contribution in [0.15, 0.2) is 28.7 Å². The van der Waals surface area contributed by atoms with Crippen LogP contribution in [0.1, 0.15) is 12.8 Å². The summed E-state index contributed by atoms with van der Waals surface area (Å²) in [7, 11) is 0. The quantitative estimate of drug-likeness (QED) is 0.885. The summed E-state index contributed by atoms with van der Waals surface area (Å²) in [4.78, 5) is 21.3. The normalized spacial score (nSPS) is 9.67. The Bertz CT molecular complexity index is 361. The van der Waals surface area contributed by atoms with Crippen LogP contribution < -0.4 is 10.4 Å². The third-order valence-electron chi connectivity index (χ3n) is 1.68. The molecule has 0 bridgehead atoms. The second kappa shape index (κ2) is 5.50. The van der Waals surface area contributed by atoms with Gasteiger partial charge in [-0.2, -0.15) is 0 Å². The fourth-order valence-electron chi connectivity index (χ4n) is 0.972. The van der Waals surface area contributed by atoms with Crippen LogP contribution in [-0.2, 0) is 9.59 Å². The molecule has 0 aliphatic carbocycles. The lowest BCUT2D eigenvalue weighted by Gasteiger charge is -2.05. The third-order valence-corrected chi connectivity index (χ3v) is 2.21. The van der Waals surface area contributed by atoms with Crippen molar-refractivity contribution in [1.82, 2.24) is 0 Å². The van der Waals surface area contributed by atoms with Crippen molar-refractivity contribution in [2.45, 2.75) is 12.8 Å². The number of halogens is 1. The molecule has 0 spiro atoms. The van der Waals surface area contributed by atoms with Crippen molar-refractivity contribution >= 4 is 33.5 Å². The largest absolute Gasteiger partial charge is 0.550 e. The summed E-state index contributed by atoms with van der Waals surface area (Å²) < 4.78 is 0.912. The summed E-state index contributed by atoms with van der Waals surface area (Å²) in [5.74, 6) is -1.55. The van der Waals surface area contributed by atoms with Gasteiger partial charge in [-0.1, -0.05) is 15.9 Å². The number of carbonyl (C=O) groups excluding carboxylic acids is 2. The molecule has 0 aliphatic heterocycles. The Morgan fingerprint density at radius 1 is 1.20 bits per heavy atom. The molecule has 0 aromatic heterocycles. The maximum atomic E-state index is 11.2. The number of rotatable bonds is 4. The number of carboxylic acids is 1. The van der Waals surface area contributed by atoms with Crippen LogP contribution in [0, 0.1) is 0 Å². The van der Waals surface area contributed by atoms with Gasteiger partial charge in [0.05, 0.1) is 0 Å². The first-order valence-corrected chi connectivity index (χ1v) is 5.12. The zero-order valence-corrected chi connectivity index (χ0v) is 9.41. The molecule has 0 aliphatic rings. The van der Waals surface area contributed by atoms with Crippen molar-refractivity contribution in [1.29, 1.82) is 0 Å². The van der Waals surface area contributed by atoms with Gasteiger partial charge in [0.2, 0.25) is 5.91 Å². The number of anilines is 1. The lowest BCUT2D eigenvalue weighted by atomic mass is 10.2. The fourth-order valence-corrected chi connectivity index (χ4v) is 1.24. The Morgan fingerprint density at radius 3 is 2.33 bits per heavy atom. The van der Waals surface area contributed by atoms with Gasteiger partial charge in [0.15, 0.2) is 0 Å². The van der Waals surface area contributed by atoms with Crippen LogP contribution >= 0.6 is 15.9 Å². The van der Waals surface area contributed by atoms with Crippen LogP contribution in [-0.4, -0.2) is 11.9 Å². The number of carbonyl (C=O) groups is 2. The van der Waals surface area contributed by atoms with E-state index in [-0.39, 0.29) is 18.7 Å². The number of nitrogens with one attached hydrogen (secondary N) is 1. The molecule has 4 nitrogen and oxygen atoms in total. The minimum atomic E-state index is -1.22. The maximum absolute atomic E-state index is 11.2. The molecule has 80 valence electrons. The van der Waals surface area contributed by atoms with Crippen LogP contribution in [0.4, 0.5) is 5.69 Å². The molecule has 1 amide bonds. The molecule has 1 N–H and O–H groups in total. The van der Waals surface area contributed by atoms with E-state index in [1.54, 1.807) is 24.3 Å². The second-order valence-electron chi connectivity index (χ2n) is 2.93. The highest BCUT2D eigenvalue weighted by molar-refractivity contribution is 9.10. The summed E-state index contributed by atoms with van der Waals surface area (Å²) in [5, 5.41) is 12.7. The van der Waals surface area contributed by atoms with Gasteiger partial charge in [0, 0.05) is 22.6 Å². The van der Waals surface area contributed by atoms with E-state index in [1.165, 1.54) is 0 Å². The van der Waals surface area contributed by atoms with Crippen LogP contribution in [0.25, 0.3) is 0 Å². The van der Waals surface area contributed by atoms with E-state index < -0.39 is 5.97 Å². The molecule has 1 aromatic rings. The molecule has 0 saturated heterocycles. The molecule has 0 heterocycles. The van der Waals surface area contributed by atoms with Gasteiger partial charge in [-0.15, -0.1) is 0 Å². The lowest BCUT2D eigenvalue weighted by Crippen LogP contribution is -2.24. The first kappa shape index (κ1) is 11.7. The molecule has 0 fully saturated rings. The number of hydrogen-bond donors (Lipinski definition) is 1. The standard InChI is InChI=1S/C10H10BrNO3/c11-7-1-3-8(4-2-7)12-9(13)5-6-10(14)15/h1-4H,5-6H2,(H,12,13)(H,14,15)/p-1. The number of carboxylic acid groups (broad SMARTS) is 1. The molecule has 1 rings (SSSR count). The molecule has 0 atom stereocenters. The zero-order chi connectivity index (χ0) is 11.3. The second-order valence-corrected chi connectivity index (χ2v) is 3.84. The van der Waals surface area contributed by atoms with Crippen molar-refractivity contribution in [3.8, 4) is 0 Å².